The van der Waals surface area contributed by atoms with Crippen LogP contribution in [0, 0.1) is 11.3 Å². The van der Waals surface area contributed by atoms with Crippen LogP contribution in [0.4, 0.5) is 0 Å². The van der Waals surface area contributed by atoms with E-state index in [2.05, 4.69) is 11.4 Å². The fraction of sp³-hybridized carbons (Fsp3) is 0.200. The average molecular weight is 465 g/mol. The lowest BCUT2D eigenvalue weighted by Crippen LogP contribution is -2.32. The molecule has 3 aromatic carbocycles. The zero-order valence-electron chi connectivity index (χ0n) is 18.0. The summed E-state index contributed by atoms with van der Waals surface area (Å²) in [5, 5.41) is 31.6. The van der Waals surface area contributed by atoms with E-state index in [9.17, 15) is 18.3 Å². The third-order valence-corrected chi connectivity index (χ3v) is 7.03. The molecule has 2 atom stereocenters. The minimum absolute atomic E-state index is 0.0184. The molecular weight excluding hydrogens is 440 g/mol. The van der Waals surface area contributed by atoms with Crippen molar-refractivity contribution in [2.24, 2.45) is 0 Å². The van der Waals surface area contributed by atoms with Gasteiger partial charge in [0.25, 0.3) is 0 Å². The van der Waals surface area contributed by atoms with Gasteiger partial charge in [0.2, 0.25) is 9.84 Å². The van der Waals surface area contributed by atoms with Crippen LogP contribution in [0.1, 0.15) is 40.1 Å². The molecule has 0 saturated carbocycles. The van der Waals surface area contributed by atoms with Gasteiger partial charge in [0, 0.05) is 12.6 Å². The lowest BCUT2D eigenvalue weighted by molar-refractivity contribution is 0.0696. The van der Waals surface area contributed by atoms with Crippen molar-refractivity contribution >= 4 is 15.8 Å². The van der Waals surface area contributed by atoms with Crippen molar-refractivity contribution in [3.63, 3.8) is 0 Å². The average Bonchev–Trinajstić information content (AvgIpc) is 2.83. The molecule has 0 spiro atoms. The summed E-state index contributed by atoms with van der Waals surface area (Å²) in [6.45, 7) is 2.28. The molecule has 0 unspecified atom stereocenters. The van der Waals surface area contributed by atoms with Crippen molar-refractivity contribution in [1.82, 2.24) is 5.32 Å². The highest BCUT2D eigenvalue weighted by Gasteiger charge is 2.18. The zero-order chi connectivity index (χ0) is 24.0. The lowest BCUT2D eigenvalue weighted by Gasteiger charge is -2.18. The largest absolute Gasteiger partial charge is 0.478 e. The van der Waals surface area contributed by atoms with E-state index in [1.807, 2.05) is 6.92 Å². The Morgan fingerprint density at radius 2 is 1.64 bits per heavy atom. The van der Waals surface area contributed by atoms with E-state index < -0.39 is 21.9 Å². The maximum atomic E-state index is 12.8. The fourth-order valence-electron chi connectivity index (χ4n) is 3.39. The monoisotopic (exact) mass is 464 g/mol. The molecule has 3 N–H and O–H groups in total. The third kappa shape index (κ3) is 6.05. The Bertz CT molecular complexity index is 1260. The molecule has 7 nitrogen and oxygen atoms in total. The van der Waals surface area contributed by atoms with Crippen molar-refractivity contribution in [3.05, 3.63) is 95.1 Å². The van der Waals surface area contributed by atoms with E-state index in [0.29, 0.717) is 24.1 Å². The van der Waals surface area contributed by atoms with E-state index in [0.717, 1.165) is 5.56 Å². The molecule has 0 aromatic heterocycles. The number of nitrogens with one attached hydrogen (secondary N) is 1. The number of carboxylic acid groups (broad SMARTS) is 1. The van der Waals surface area contributed by atoms with Crippen molar-refractivity contribution < 1.29 is 23.4 Å². The second kappa shape index (κ2) is 10.4. The smallest absolute Gasteiger partial charge is 0.335 e. The lowest BCUT2D eigenvalue weighted by atomic mass is 10.0. The fourth-order valence-corrected chi connectivity index (χ4v) is 4.65. The van der Waals surface area contributed by atoms with Crippen molar-refractivity contribution in [2.75, 3.05) is 6.54 Å². The van der Waals surface area contributed by atoms with Crippen LogP contribution in [0.25, 0.3) is 0 Å². The van der Waals surface area contributed by atoms with E-state index in [1.54, 1.807) is 36.4 Å². The molecule has 0 bridgehead atoms. The highest BCUT2D eigenvalue weighted by Crippen LogP contribution is 2.22. The summed E-state index contributed by atoms with van der Waals surface area (Å²) in [5.41, 5.74) is 2.11. The van der Waals surface area contributed by atoms with Crippen molar-refractivity contribution in [1.29, 1.82) is 5.26 Å². The molecule has 0 amide bonds. The summed E-state index contributed by atoms with van der Waals surface area (Å²) in [6, 6.07) is 20.6. The number of aliphatic hydroxyl groups excluding tert-OH is 1. The Kier molecular flexibility index (Phi) is 7.61. The molecule has 0 saturated heterocycles. The summed E-state index contributed by atoms with van der Waals surface area (Å²) in [7, 11) is -3.75. The molecule has 0 aliphatic rings. The number of aliphatic hydroxyl groups is 1. The Labute approximate surface area is 192 Å². The van der Waals surface area contributed by atoms with Crippen LogP contribution < -0.4 is 5.32 Å². The van der Waals surface area contributed by atoms with Crippen LogP contribution in [-0.4, -0.2) is 37.2 Å². The number of aromatic carboxylic acids is 1. The van der Waals surface area contributed by atoms with E-state index in [4.69, 9.17) is 10.4 Å². The molecule has 0 aliphatic heterocycles. The number of sulfone groups is 1. The first-order chi connectivity index (χ1) is 15.7. The quantitative estimate of drug-likeness (QED) is 0.443. The van der Waals surface area contributed by atoms with E-state index >= 15 is 0 Å². The Morgan fingerprint density at radius 1 is 1.03 bits per heavy atom. The van der Waals surface area contributed by atoms with Gasteiger partial charge in [-0.1, -0.05) is 24.3 Å². The first-order valence-corrected chi connectivity index (χ1v) is 11.8. The molecule has 8 heteroatoms. The van der Waals surface area contributed by atoms with Gasteiger partial charge in [-0.3, -0.25) is 0 Å². The van der Waals surface area contributed by atoms with E-state index in [-0.39, 0.29) is 21.4 Å². The van der Waals surface area contributed by atoms with E-state index in [1.165, 1.54) is 36.4 Å². The topological polar surface area (TPSA) is 127 Å². The number of carbonyl (C=O) groups is 1. The number of nitrogens with zero attached hydrogens (tertiary/aromatic N) is 1. The van der Waals surface area contributed by atoms with Crippen molar-refractivity contribution in [3.8, 4) is 6.07 Å². The van der Waals surface area contributed by atoms with Gasteiger partial charge in [-0.05, 0) is 73.0 Å². The summed E-state index contributed by atoms with van der Waals surface area (Å²) >= 11 is 0. The van der Waals surface area contributed by atoms with Gasteiger partial charge in [0.1, 0.15) is 0 Å². The number of carboxylic acids is 1. The van der Waals surface area contributed by atoms with Gasteiger partial charge in [-0.15, -0.1) is 0 Å². The Hall–Kier alpha value is -3.51. The molecule has 0 heterocycles. The Balaban J connectivity index is 1.60. The van der Waals surface area contributed by atoms with Crippen LogP contribution in [0.5, 0.6) is 0 Å². The predicted octanol–water partition coefficient (Wildman–Crippen LogP) is 3.34. The standard InChI is InChI=1S/C25H24N2O5S/c1-17(27-16-24(28)21-4-2-3-19(14-21)15-26)13-18-5-9-22(10-6-18)33(31,32)23-11-7-20(8-12-23)25(29)30/h2-12,14,17,24,27-28H,13,16H2,1H3,(H,29,30)/t17-,24-/m1/s1. The molecule has 170 valence electrons. The summed E-state index contributed by atoms with van der Waals surface area (Å²) in [4.78, 5) is 11.1. The maximum absolute atomic E-state index is 12.8. The SMILES string of the molecule is C[C@H](Cc1ccc(S(=O)(=O)c2ccc(C(=O)O)cc2)cc1)NC[C@@H](O)c1cccc(C#N)c1. The molecule has 33 heavy (non-hydrogen) atoms. The number of hydrogen-bond donors (Lipinski definition) is 3. The van der Waals surface area contributed by atoms with Crippen LogP contribution in [-0.2, 0) is 16.3 Å². The van der Waals surface area contributed by atoms with Crippen LogP contribution >= 0.6 is 0 Å². The summed E-state index contributed by atoms with van der Waals surface area (Å²) in [5.74, 6) is -1.12. The second-order valence-electron chi connectivity index (χ2n) is 7.74. The van der Waals surface area contributed by atoms with Crippen molar-refractivity contribution in [2.45, 2.75) is 35.3 Å². The second-order valence-corrected chi connectivity index (χ2v) is 9.69. The minimum Gasteiger partial charge on any atom is -0.478 e. The minimum atomic E-state index is -3.75. The first-order valence-electron chi connectivity index (χ1n) is 10.3. The number of benzene rings is 3. The molecule has 0 fully saturated rings. The highest BCUT2D eigenvalue weighted by molar-refractivity contribution is 7.91. The van der Waals surface area contributed by atoms with Gasteiger partial charge in [-0.25, -0.2) is 13.2 Å². The van der Waals surface area contributed by atoms with Crippen LogP contribution in [0.3, 0.4) is 0 Å². The highest BCUT2D eigenvalue weighted by atomic mass is 32.2. The molecular formula is C25H24N2O5S. The van der Waals surface area contributed by atoms with Gasteiger partial charge >= 0.3 is 5.97 Å². The predicted molar refractivity (Wildman–Crippen MR) is 123 cm³/mol. The zero-order valence-corrected chi connectivity index (χ0v) is 18.8. The van der Waals surface area contributed by atoms with Gasteiger partial charge in [0.05, 0.1) is 33.1 Å². The molecule has 0 radical (unpaired) electrons. The van der Waals surface area contributed by atoms with Gasteiger partial charge < -0.3 is 15.5 Å². The summed E-state index contributed by atoms with van der Waals surface area (Å²) in [6.07, 6.45) is -0.126. The maximum Gasteiger partial charge on any atom is 0.335 e. The number of nitriles is 1. The summed E-state index contributed by atoms with van der Waals surface area (Å²) < 4.78 is 25.6. The molecule has 3 aromatic rings. The Morgan fingerprint density at radius 3 is 2.21 bits per heavy atom. The first kappa shape index (κ1) is 24.1. The third-order valence-electron chi connectivity index (χ3n) is 5.25. The normalized spacial score (nSPS) is 13.1. The van der Waals surface area contributed by atoms with Gasteiger partial charge in [0.15, 0.2) is 0 Å². The molecule has 3 rings (SSSR count). The van der Waals surface area contributed by atoms with Gasteiger partial charge in [-0.2, -0.15) is 5.26 Å². The number of hydrogen-bond acceptors (Lipinski definition) is 6. The van der Waals surface area contributed by atoms with Crippen LogP contribution in [0.2, 0.25) is 0 Å². The van der Waals surface area contributed by atoms with Crippen LogP contribution in [0.15, 0.2) is 82.6 Å². The number of rotatable bonds is 9. The molecule has 0 aliphatic carbocycles.